The fraction of sp³-hybridized carbons (Fsp3) is 0.115. The number of anilines is 2. The highest BCUT2D eigenvalue weighted by atomic mass is 35.5. The van der Waals surface area contributed by atoms with Crippen molar-refractivity contribution in [3.05, 3.63) is 95.2 Å². The van der Waals surface area contributed by atoms with Gasteiger partial charge in [0.25, 0.3) is 11.8 Å². The summed E-state index contributed by atoms with van der Waals surface area (Å²) in [5.41, 5.74) is 1.19. The van der Waals surface area contributed by atoms with E-state index in [2.05, 4.69) is 5.32 Å². The smallest absolute Gasteiger partial charge is 0.338 e. The summed E-state index contributed by atoms with van der Waals surface area (Å²) in [4.78, 5) is 38.7. The van der Waals surface area contributed by atoms with Crippen LogP contribution in [0.25, 0.3) is 0 Å². The molecule has 0 saturated heterocycles. The van der Waals surface area contributed by atoms with Crippen LogP contribution < -0.4 is 15.0 Å². The molecule has 1 aliphatic heterocycles. The summed E-state index contributed by atoms with van der Waals surface area (Å²) in [7, 11) is 0. The van der Waals surface area contributed by atoms with Gasteiger partial charge < -0.3 is 14.8 Å². The Balaban J connectivity index is 1.45. The number of halogens is 1. The van der Waals surface area contributed by atoms with E-state index in [9.17, 15) is 14.4 Å². The molecule has 0 spiro atoms. The van der Waals surface area contributed by atoms with E-state index < -0.39 is 17.8 Å². The number of benzene rings is 3. The van der Waals surface area contributed by atoms with Crippen LogP contribution in [0.15, 0.2) is 89.6 Å². The predicted octanol–water partition coefficient (Wildman–Crippen LogP) is 5.48. The number of nitrogens with zero attached hydrogens (tertiary/aromatic N) is 1. The zero-order valence-corrected chi connectivity index (χ0v) is 19.0. The summed E-state index contributed by atoms with van der Waals surface area (Å²) in [6, 6.07) is 22.2. The molecule has 4 rings (SSSR count). The standard InChI is InChI=1S/C26H21ClN2O5/c1-2-16-33-26(32)17-8-10-18(11-9-17)28-23-22(27)24(30)29(25(23)31)19-12-14-21(15-13-19)34-20-6-4-3-5-7-20/h3-15,28H,2,16H2,1H3. The van der Waals surface area contributed by atoms with Gasteiger partial charge >= 0.3 is 5.97 Å². The van der Waals surface area contributed by atoms with Crippen molar-refractivity contribution in [3.63, 3.8) is 0 Å². The summed E-state index contributed by atoms with van der Waals surface area (Å²) < 4.78 is 10.8. The number of hydrogen-bond donors (Lipinski definition) is 1. The molecule has 0 saturated carbocycles. The number of imide groups is 1. The van der Waals surface area contributed by atoms with Crippen LogP contribution in [0.2, 0.25) is 0 Å². The maximum atomic E-state index is 13.0. The molecule has 0 radical (unpaired) electrons. The summed E-state index contributed by atoms with van der Waals surface area (Å²) in [6.07, 6.45) is 0.730. The SMILES string of the molecule is CCCOC(=O)c1ccc(NC2=C(Cl)C(=O)N(c3ccc(Oc4ccccc4)cc3)C2=O)cc1. The first-order chi connectivity index (χ1) is 16.5. The first kappa shape index (κ1) is 23.1. The number of nitrogens with one attached hydrogen (secondary N) is 1. The lowest BCUT2D eigenvalue weighted by atomic mass is 10.2. The Morgan fingerprint density at radius 3 is 2.18 bits per heavy atom. The highest BCUT2D eigenvalue weighted by Crippen LogP contribution is 2.32. The van der Waals surface area contributed by atoms with Crippen LogP contribution in [-0.2, 0) is 14.3 Å². The van der Waals surface area contributed by atoms with Crippen LogP contribution in [0, 0.1) is 0 Å². The van der Waals surface area contributed by atoms with Crippen LogP contribution in [0.4, 0.5) is 11.4 Å². The van der Waals surface area contributed by atoms with Crippen molar-refractivity contribution in [2.75, 3.05) is 16.8 Å². The molecule has 1 heterocycles. The highest BCUT2D eigenvalue weighted by molar-refractivity contribution is 6.53. The number of esters is 1. The number of para-hydroxylation sites is 1. The second-order valence-corrected chi connectivity index (χ2v) is 7.76. The number of ether oxygens (including phenoxy) is 2. The minimum absolute atomic E-state index is 0.0439. The largest absolute Gasteiger partial charge is 0.462 e. The van der Waals surface area contributed by atoms with Gasteiger partial charge in [-0.1, -0.05) is 36.7 Å². The van der Waals surface area contributed by atoms with E-state index in [1.807, 2.05) is 37.3 Å². The molecule has 3 aromatic rings. The molecule has 1 aliphatic rings. The Labute approximate surface area is 201 Å². The summed E-state index contributed by atoms with van der Waals surface area (Å²) >= 11 is 6.20. The second-order valence-electron chi connectivity index (χ2n) is 7.38. The summed E-state index contributed by atoms with van der Waals surface area (Å²) in [5, 5.41) is 2.66. The van der Waals surface area contributed by atoms with E-state index >= 15 is 0 Å². The zero-order valence-electron chi connectivity index (χ0n) is 18.3. The molecule has 0 aliphatic carbocycles. The molecule has 34 heavy (non-hydrogen) atoms. The minimum atomic E-state index is -0.634. The molecular formula is C26H21ClN2O5. The fourth-order valence-corrected chi connectivity index (χ4v) is 3.46. The van der Waals surface area contributed by atoms with Crippen molar-refractivity contribution in [2.45, 2.75) is 13.3 Å². The zero-order chi connectivity index (χ0) is 24.1. The Morgan fingerprint density at radius 2 is 1.53 bits per heavy atom. The topological polar surface area (TPSA) is 84.9 Å². The third-order valence-corrected chi connectivity index (χ3v) is 5.28. The summed E-state index contributed by atoms with van der Waals surface area (Å²) in [5.74, 6) is -0.416. The van der Waals surface area contributed by atoms with Crippen molar-refractivity contribution < 1.29 is 23.9 Å². The van der Waals surface area contributed by atoms with Crippen molar-refractivity contribution in [3.8, 4) is 11.5 Å². The van der Waals surface area contributed by atoms with Crippen molar-refractivity contribution in [2.24, 2.45) is 0 Å². The number of amides is 2. The normalized spacial score (nSPS) is 13.3. The van der Waals surface area contributed by atoms with E-state index in [1.54, 1.807) is 48.5 Å². The van der Waals surface area contributed by atoms with Gasteiger partial charge in [0.05, 0.1) is 17.9 Å². The quantitative estimate of drug-likeness (QED) is 0.342. The van der Waals surface area contributed by atoms with Crippen LogP contribution in [0.1, 0.15) is 23.7 Å². The van der Waals surface area contributed by atoms with Gasteiger partial charge in [-0.25, -0.2) is 9.69 Å². The Morgan fingerprint density at radius 1 is 0.882 bits per heavy atom. The van der Waals surface area contributed by atoms with Gasteiger partial charge in [0.2, 0.25) is 0 Å². The molecule has 1 N–H and O–H groups in total. The highest BCUT2D eigenvalue weighted by Gasteiger charge is 2.39. The maximum absolute atomic E-state index is 13.0. The first-order valence-corrected chi connectivity index (χ1v) is 11.0. The Kier molecular flexibility index (Phi) is 6.94. The van der Waals surface area contributed by atoms with E-state index in [1.165, 1.54) is 0 Å². The lowest BCUT2D eigenvalue weighted by Gasteiger charge is -2.16. The van der Waals surface area contributed by atoms with Crippen LogP contribution >= 0.6 is 11.6 Å². The molecule has 8 heteroatoms. The molecule has 0 fully saturated rings. The van der Waals surface area contributed by atoms with Crippen molar-refractivity contribution >= 4 is 40.8 Å². The first-order valence-electron chi connectivity index (χ1n) is 10.6. The van der Waals surface area contributed by atoms with Crippen LogP contribution in [0.5, 0.6) is 11.5 Å². The average molecular weight is 477 g/mol. The van der Waals surface area contributed by atoms with E-state index in [4.69, 9.17) is 21.1 Å². The Hall–Kier alpha value is -4.10. The lowest BCUT2D eigenvalue weighted by Crippen LogP contribution is -2.32. The second kappa shape index (κ2) is 10.2. The van der Waals surface area contributed by atoms with Gasteiger partial charge in [-0.05, 0) is 67.1 Å². The van der Waals surface area contributed by atoms with Crippen LogP contribution in [-0.4, -0.2) is 24.4 Å². The number of carbonyl (C=O) groups excluding carboxylic acids is 3. The maximum Gasteiger partial charge on any atom is 0.338 e. The van der Waals surface area contributed by atoms with E-state index in [-0.39, 0.29) is 10.7 Å². The van der Waals surface area contributed by atoms with Crippen molar-refractivity contribution in [1.82, 2.24) is 0 Å². The van der Waals surface area contributed by atoms with Gasteiger partial charge in [-0.15, -0.1) is 0 Å². The monoisotopic (exact) mass is 476 g/mol. The van der Waals surface area contributed by atoms with Gasteiger partial charge in [-0.2, -0.15) is 0 Å². The molecule has 7 nitrogen and oxygen atoms in total. The predicted molar refractivity (Wildman–Crippen MR) is 129 cm³/mol. The third-order valence-electron chi connectivity index (χ3n) is 4.93. The molecule has 0 aromatic heterocycles. The lowest BCUT2D eigenvalue weighted by molar-refractivity contribution is -0.120. The van der Waals surface area contributed by atoms with E-state index in [0.29, 0.717) is 35.0 Å². The molecule has 0 unspecified atom stereocenters. The van der Waals surface area contributed by atoms with Gasteiger partial charge in [0.1, 0.15) is 22.2 Å². The minimum Gasteiger partial charge on any atom is -0.462 e. The van der Waals surface area contributed by atoms with Gasteiger partial charge in [-0.3, -0.25) is 9.59 Å². The molecule has 172 valence electrons. The fourth-order valence-electron chi connectivity index (χ4n) is 3.25. The van der Waals surface area contributed by atoms with E-state index in [0.717, 1.165) is 11.3 Å². The summed E-state index contributed by atoms with van der Waals surface area (Å²) in [6.45, 7) is 2.25. The average Bonchev–Trinajstić information content (AvgIpc) is 3.07. The number of hydrogen-bond acceptors (Lipinski definition) is 6. The Bertz CT molecular complexity index is 1240. The van der Waals surface area contributed by atoms with Crippen molar-refractivity contribution in [1.29, 1.82) is 0 Å². The molecule has 2 amide bonds. The number of carbonyl (C=O) groups is 3. The third kappa shape index (κ3) is 4.94. The van der Waals surface area contributed by atoms with Gasteiger partial charge in [0, 0.05) is 5.69 Å². The van der Waals surface area contributed by atoms with Crippen LogP contribution in [0.3, 0.4) is 0 Å². The number of rotatable bonds is 8. The molecule has 0 bridgehead atoms. The molecule has 3 aromatic carbocycles. The van der Waals surface area contributed by atoms with Gasteiger partial charge in [0.15, 0.2) is 0 Å². The molecular weight excluding hydrogens is 456 g/mol. The molecule has 0 atom stereocenters.